The maximum Gasteiger partial charge on any atom is 0.211 e. The van der Waals surface area contributed by atoms with E-state index >= 15 is 0 Å². The van der Waals surface area contributed by atoms with Gasteiger partial charge in [0.1, 0.15) is 4.99 Å². The van der Waals surface area contributed by atoms with E-state index in [0.29, 0.717) is 11.4 Å². The summed E-state index contributed by atoms with van der Waals surface area (Å²) in [4.78, 5) is 0.309. The van der Waals surface area contributed by atoms with Gasteiger partial charge in [-0.25, -0.2) is 13.1 Å². The van der Waals surface area contributed by atoms with Gasteiger partial charge in [-0.15, -0.1) is 0 Å². The second-order valence-corrected chi connectivity index (χ2v) is 6.07. The van der Waals surface area contributed by atoms with Crippen LogP contribution < -0.4 is 10.5 Å². The van der Waals surface area contributed by atoms with E-state index in [0.717, 1.165) is 11.1 Å². The monoisotopic (exact) mass is 272 g/mol. The van der Waals surface area contributed by atoms with Crippen LogP contribution >= 0.6 is 12.2 Å². The summed E-state index contributed by atoms with van der Waals surface area (Å²) in [7, 11) is -3.18. The lowest BCUT2D eigenvalue weighted by Gasteiger charge is -2.06. The Bertz CT molecular complexity index is 498. The molecule has 4 nitrogen and oxygen atoms in total. The van der Waals surface area contributed by atoms with Crippen molar-refractivity contribution in [3.05, 3.63) is 35.4 Å². The van der Waals surface area contributed by atoms with Crippen LogP contribution in [0.1, 0.15) is 24.5 Å². The molecule has 0 aliphatic carbocycles. The van der Waals surface area contributed by atoms with Gasteiger partial charge >= 0.3 is 0 Å². The summed E-state index contributed by atoms with van der Waals surface area (Å²) in [5.41, 5.74) is 7.09. The van der Waals surface area contributed by atoms with Crippen molar-refractivity contribution >= 4 is 27.2 Å². The van der Waals surface area contributed by atoms with E-state index in [1.54, 1.807) is 18.2 Å². The molecule has 1 rings (SSSR count). The van der Waals surface area contributed by atoms with Crippen molar-refractivity contribution in [3.8, 4) is 0 Å². The highest BCUT2D eigenvalue weighted by Crippen LogP contribution is 2.05. The highest BCUT2D eigenvalue weighted by molar-refractivity contribution is 7.89. The first-order chi connectivity index (χ1) is 7.94. The number of sulfonamides is 1. The lowest BCUT2D eigenvalue weighted by atomic mass is 10.1. The maximum absolute atomic E-state index is 11.5. The summed E-state index contributed by atoms with van der Waals surface area (Å²) in [6, 6.07) is 7.22. The smallest absolute Gasteiger partial charge is 0.211 e. The van der Waals surface area contributed by atoms with Crippen LogP contribution in [-0.2, 0) is 16.6 Å². The van der Waals surface area contributed by atoms with E-state index in [2.05, 4.69) is 4.72 Å². The van der Waals surface area contributed by atoms with Crippen LogP contribution in [0.25, 0.3) is 0 Å². The Morgan fingerprint density at radius 2 is 2.18 bits per heavy atom. The van der Waals surface area contributed by atoms with Gasteiger partial charge in [0.25, 0.3) is 0 Å². The van der Waals surface area contributed by atoms with Crippen molar-refractivity contribution in [1.82, 2.24) is 4.72 Å². The molecule has 6 heteroatoms. The van der Waals surface area contributed by atoms with Crippen LogP contribution in [0.5, 0.6) is 0 Å². The third-order valence-corrected chi connectivity index (χ3v) is 3.95. The molecule has 17 heavy (non-hydrogen) atoms. The maximum atomic E-state index is 11.5. The zero-order valence-corrected chi connectivity index (χ0v) is 11.3. The number of rotatable bonds is 6. The predicted molar refractivity (Wildman–Crippen MR) is 73.2 cm³/mol. The highest BCUT2D eigenvalue weighted by atomic mass is 32.2. The minimum Gasteiger partial charge on any atom is -0.389 e. The number of hydrogen-bond donors (Lipinski definition) is 2. The number of thiocarbonyl (C=S) groups is 1. The molecule has 0 spiro atoms. The molecule has 0 aliphatic rings. The van der Waals surface area contributed by atoms with Crippen LogP contribution in [0.15, 0.2) is 24.3 Å². The van der Waals surface area contributed by atoms with Crippen LogP contribution in [0, 0.1) is 0 Å². The molecule has 0 amide bonds. The number of nitrogens with one attached hydrogen (secondary N) is 1. The molecule has 3 N–H and O–H groups in total. The second-order valence-electron chi connectivity index (χ2n) is 3.70. The van der Waals surface area contributed by atoms with E-state index < -0.39 is 10.0 Å². The average molecular weight is 272 g/mol. The van der Waals surface area contributed by atoms with Crippen LogP contribution in [-0.4, -0.2) is 19.2 Å². The Labute approximate surface area is 107 Å². The molecular formula is C11H16N2O2S2. The van der Waals surface area contributed by atoms with Crippen molar-refractivity contribution in [3.63, 3.8) is 0 Å². The van der Waals surface area contributed by atoms with Gasteiger partial charge in [-0.05, 0) is 18.1 Å². The lowest BCUT2D eigenvalue weighted by Crippen LogP contribution is -2.25. The second kappa shape index (κ2) is 6.09. The van der Waals surface area contributed by atoms with E-state index in [-0.39, 0.29) is 12.3 Å². The van der Waals surface area contributed by atoms with E-state index in [1.165, 1.54) is 0 Å². The Balaban J connectivity index is 2.70. The highest BCUT2D eigenvalue weighted by Gasteiger charge is 2.08. The summed E-state index contributed by atoms with van der Waals surface area (Å²) in [6.07, 6.45) is 0.599. The normalized spacial score (nSPS) is 11.4. The first-order valence-corrected chi connectivity index (χ1v) is 7.37. The van der Waals surface area contributed by atoms with Gasteiger partial charge in [-0.1, -0.05) is 37.3 Å². The van der Waals surface area contributed by atoms with Crippen molar-refractivity contribution in [2.75, 3.05) is 5.75 Å². The molecule has 0 unspecified atom stereocenters. The molecule has 0 aliphatic heterocycles. The summed E-state index contributed by atoms with van der Waals surface area (Å²) in [5, 5.41) is 0. The number of nitrogens with two attached hydrogens (primary N) is 1. The molecule has 0 atom stereocenters. The third kappa shape index (κ3) is 4.80. The Kier molecular flexibility index (Phi) is 5.04. The topological polar surface area (TPSA) is 72.2 Å². The molecule has 0 aromatic heterocycles. The standard InChI is InChI=1S/C11H16N2O2S2/c1-2-6-17(14,15)13-8-9-4-3-5-10(7-9)11(12)16/h3-5,7,13H,2,6,8H2,1H3,(H2,12,16). The molecule has 0 fully saturated rings. The molecule has 94 valence electrons. The average Bonchev–Trinajstić information content (AvgIpc) is 2.27. The third-order valence-electron chi connectivity index (χ3n) is 2.18. The summed E-state index contributed by atoms with van der Waals surface area (Å²) in [6.45, 7) is 2.09. The fourth-order valence-corrected chi connectivity index (χ4v) is 2.56. The van der Waals surface area contributed by atoms with Crippen molar-refractivity contribution in [2.45, 2.75) is 19.9 Å². The predicted octanol–water partition coefficient (Wildman–Crippen LogP) is 1.15. The summed E-state index contributed by atoms with van der Waals surface area (Å²) < 4.78 is 25.5. The SMILES string of the molecule is CCCS(=O)(=O)NCc1cccc(C(N)=S)c1. The van der Waals surface area contributed by atoms with Gasteiger partial charge in [0.05, 0.1) is 5.75 Å². The molecule has 0 heterocycles. The van der Waals surface area contributed by atoms with Gasteiger partial charge < -0.3 is 5.73 Å². The van der Waals surface area contributed by atoms with Crippen molar-refractivity contribution < 1.29 is 8.42 Å². The minimum atomic E-state index is -3.18. The number of hydrogen-bond acceptors (Lipinski definition) is 3. The van der Waals surface area contributed by atoms with Gasteiger partial charge in [0.2, 0.25) is 10.0 Å². The van der Waals surface area contributed by atoms with Gasteiger partial charge in [0.15, 0.2) is 0 Å². The van der Waals surface area contributed by atoms with E-state index in [9.17, 15) is 8.42 Å². The quantitative estimate of drug-likeness (QED) is 0.762. The van der Waals surface area contributed by atoms with Crippen molar-refractivity contribution in [1.29, 1.82) is 0 Å². The van der Waals surface area contributed by atoms with E-state index in [4.69, 9.17) is 18.0 Å². The Hall–Kier alpha value is -0.980. The Morgan fingerprint density at radius 3 is 2.76 bits per heavy atom. The minimum absolute atomic E-state index is 0.141. The fourth-order valence-electron chi connectivity index (χ4n) is 1.37. The van der Waals surface area contributed by atoms with Crippen LogP contribution in [0.2, 0.25) is 0 Å². The Morgan fingerprint density at radius 1 is 1.47 bits per heavy atom. The van der Waals surface area contributed by atoms with Crippen LogP contribution in [0.4, 0.5) is 0 Å². The zero-order chi connectivity index (χ0) is 12.9. The molecule has 0 radical (unpaired) electrons. The molecule has 1 aromatic rings. The molecule has 1 aromatic carbocycles. The number of benzene rings is 1. The first-order valence-electron chi connectivity index (χ1n) is 5.30. The molecule has 0 saturated carbocycles. The van der Waals surface area contributed by atoms with Gasteiger partial charge in [-0.3, -0.25) is 0 Å². The van der Waals surface area contributed by atoms with Crippen LogP contribution in [0.3, 0.4) is 0 Å². The zero-order valence-electron chi connectivity index (χ0n) is 9.64. The van der Waals surface area contributed by atoms with Crippen molar-refractivity contribution in [2.24, 2.45) is 5.73 Å². The lowest BCUT2D eigenvalue weighted by molar-refractivity contribution is 0.580. The summed E-state index contributed by atoms with van der Waals surface area (Å²) in [5.74, 6) is 0.141. The first kappa shape index (κ1) is 14.1. The molecule has 0 bridgehead atoms. The summed E-state index contributed by atoms with van der Waals surface area (Å²) >= 11 is 4.86. The molecule has 0 saturated heterocycles. The van der Waals surface area contributed by atoms with Gasteiger partial charge in [0, 0.05) is 12.1 Å². The fraction of sp³-hybridized carbons (Fsp3) is 0.364. The molecular weight excluding hydrogens is 256 g/mol. The largest absolute Gasteiger partial charge is 0.389 e. The van der Waals surface area contributed by atoms with E-state index in [1.807, 2.05) is 13.0 Å². The van der Waals surface area contributed by atoms with Gasteiger partial charge in [-0.2, -0.15) is 0 Å².